The van der Waals surface area contributed by atoms with Crippen LogP contribution in [0.25, 0.3) is 12.2 Å². The summed E-state index contributed by atoms with van der Waals surface area (Å²) < 4.78 is 13.0. The molecule has 1 aliphatic rings. The van der Waals surface area contributed by atoms with Crippen LogP contribution in [0.5, 0.6) is 0 Å². The minimum atomic E-state index is 0.488. The molecular weight excluding hydrogens is 298 g/mol. The molecule has 22 heavy (non-hydrogen) atoms. The molecule has 5 nitrogen and oxygen atoms in total. The fourth-order valence-corrected chi connectivity index (χ4v) is 2.93. The van der Waals surface area contributed by atoms with Gasteiger partial charge < -0.3 is 9.47 Å². The van der Waals surface area contributed by atoms with Crippen molar-refractivity contribution >= 4 is 23.5 Å². The third-order valence-corrected chi connectivity index (χ3v) is 4.42. The summed E-state index contributed by atoms with van der Waals surface area (Å²) in [5, 5.41) is 6.39. The van der Waals surface area contributed by atoms with Crippen LogP contribution in [-0.2, 0) is 16.2 Å². The summed E-state index contributed by atoms with van der Waals surface area (Å²) in [4.78, 5) is 3.60. The molecule has 2 aromatic rings. The van der Waals surface area contributed by atoms with Gasteiger partial charge in [-0.1, -0.05) is 6.07 Å². The summed E-state index contributed by atoms with van der Waals surface area (Å²) in [6.45, 7) is 5.81. The highest BCUT2D eigenvalue weighted by atomic mass is 32.1. The summed E-state index contributed by atoms with van der Waals surface area (Å²) >= 11 is 1.72. The summed E-state index contributed by atoms with van der Waals surface area (Å²) in [5.74, 6) is 0. The van der Waals surface area contributed by atoms with Gasteiger partial charge in [-0.25, -0.2) is 4.68 Å². The van der Waals surface area contributed by atoms with Crippen LogP contribution in [0.2, 0.25) is 0 Å². The van der Waals surface area contributed by atoms with Crippen molar-refractivity contribution in [3.8, 4) is 0 Å². The molecule has 0 N–H and O–H groups in total. The second-order valence-electron chi connectivity index (χ2n) is 5.10. The molecule has 0 unspecified atom stereocenters. The lowest BCUT2D eigenvalue weighted by Gasteiger charge is -2.26. The first-order valence-corrected chi connectivity index (χ1v) is 8.41. The first-order chi connectivity index (χ1) is 10.9. The van der Waals surface area contributed by atoms with Crippen molar-refractivity contribution in [3.63, 3.8) is 0 Å². The van der Waals surface area contributed by atoms with Crippen molar-refractivity contribution in [2.45, 2.75) is 6.73 Å². The first-order valence-electron chi connectivity index (χ1n) is 7.53. The molecule has 0 amide bonds. The Hall–Kier alpha value is -1.47. The number of ether oxygens (including phenoxy) is 2. The summed E-state index contributed by atoms with van der Waals surface area (Å²) in [5.41, 5.74) is 1.06. The Balaban J connectivity index is 1.44. The standard InChI is InChI=1S/C16H21N3O2S/c1-2-16(22-13-1)4-3-15-5-6-17-19(15)14-21-12-9-18-7-10-20-11-8-18/h1-6,13H,7-12,14H2/b4-3+. The largest absolute Gasteiger partial charge is 0.379 e. The van der Waals surface area contributed by atoms with Gasteiger partial charge in [0.15, 0.2) is 0 Å². The maximum Gasteiger partial charge on any atom is 0.140 e. The molecule has 0 radical (unpaired) electrons. The van der Waals surface area contributed by atoms with Gasteiger partial charge >= 0.3 is 0 Å². The highest BCUT2D eigenvalue weighted by Crippen LogP contribution is 2.13. The Bertz CT molecular complexity index is 574. The summed E-state index contributed by atoms with van der Waals surface area (Å²) in [6, 6.07) is 6.15. The molecule has 0 aromatic carbocycles. The van der Waals surface area contributed by atoms with Crippen LogP contribution in [-0.4, -0.2) is 54.1 Å². The van der Waals surface area contributed by atoms with E-state index in [9.17, 15) is 0 Å². The van der Waals surface area contributed by atoms with E-state index in [0.717, 1.165) is 38.5 Å². The van der Waals surface area contributed by atoms with Crippen LogP contribution in [0.3, 0.4) is 0 Å². The number of morpholine rings is 1. The Morgan fingerprint density at radius 1 is 1.27 bits per heavy atom. The van der Waals surface area contributed by atoms with Gasteiger partial charge in [-0.2, -0.15) is 5.10 Å². The first kappa shape index (κ1) is 15.4. The number of rotatable bonds is 7. The number of thiophene rings is 1. The predicted octanol–water partition coefficient (Wildman–Crippen LogP) is 2.42. The Morgan fingerprint density at radius 2 is 2.18 bits per heavy atom. The van der Waals surface area contributed by atoms with Crippen LogP contribution in [0.15, 0.2) is 29.8 Å². The highest BCUT2D eigenvalue weighted by Gasteiger charge is 2.09. The van der Waals surface area contributed by atoms with E-state index in [-0.39, 0.29) is 0 Å². The van der Waals surface area contributed by atoms with E-state index in [1.807, 2.05) is 10.7 Å². The van der Waals surface area contributed by atoms with Crippen molar-refractivity contribution in [2.75, 3.05) is 39.5 Å². The van der Waals surface area contributed by atoms with Gasteiger partial charge in [0.2, 0.25) is 0 Å². The fourth-order valence-electron chi connectivity index (χ4n) is 2.32. The minimum Gasteiger partial charge on any atom is -0.379 e. The lowest BCUT2D eigenvalue weighted by Crippen LogP contribution is -2.38. The van der Waals surface area contributed by atoms with Crippen LogP contribution in [0, 0.1) is 0 Å². The van der Waals surface area contributed by atoms with Gasteiger partial charge in [-0.3, -0.25) is 4.90 Å². The van der Waals surface area contributed by atoms with Crippen molar-refractivity contribution in [1.29, 1.82) is 0 Å². The lowest BCUT2D eigenvalue weighted by atomic mass is 10.3. The Morgan fingerprint density at radius 3 is 3.00 bits per heavy atom. The van der Waals surface area contributed by atoms with E-state index in [4.69, 9.17) is 9.47 Å². The molecule has 0 spiro atoms. The third kappa shape index (κ3) is 4.51. The smallest absolute Gasteiger partial charge is 0.140 e. The molecule has 0 atom stereocenters. The zero-order valence-corrected chi connectivity index (χ0v) is 13.4. The van der Waals surface area contributed by atoms with Gasteiger partial charge in [-0.15, -0.1) is 11.3 Å². The van der Waals surface area contributed by atoms with E-state index in [1.54, 1.807) is 17.5 Å². The van der Waals surface area contributed by atoms with Crippen LogP contribution >= 0.6 is 11.3 Å². The molecule has 3 heterocycles. The van der Waals surface area contributed by atoms with Gasteiger partial charge in [0.05, 0.1) is 25.5 Å². The van der Waals surface area contributed by atoms with E-state index in [2.05, 4.69) is 39.7 Å². The lowest BCUT2D eigenvalue weighted by molar-refractivity contribution is 0.00702. The number of aromatic nitrogens is 2. The Labute approximate surface area is 134 Å². The molecule has 2 aromatic heterocycles. The van der Waals surface area contributed by atoms with Gasteiger partial charge in [-0.05, 0) is 29.7 Å². The minimum absolute atomic E-state index is 0.488. The second kappa shape index (κ2) is 8.24. The number of hydrogen-bond acceptors (Lipinski definition) is 5. The molecule has 1 fully saturated rings. The van der Waals surface area contributed by atoms with Crippen LogP contribution in [0.4, 0.5) is 0 Å². The van der Waals surface area contributed by atoms with E-state index in [1.165, 1.54) is 4.88 Å². The second-order valence-corrected chi connectivity index (χ2v) is 6.07. The molecule has 6 heteroatoms. The van der Waals surface area contributed by atoms with Gasteiger partial charge in [0.25, 0.3) is 0 Å². The molecule has 0 aliphatic carbocycles. The zero-order chi connectivity index (χ0) is 15.0. The average molecular weight is 319 g/mol. The monoisotopic (exact) mass is 319 g/mol. The molecule has 1 saturated heterocycles. The van der Waals surface area contributed by atoms with Gasteiger partial charge in [0.1, 0.15) is 6.73 Å². The van der Waals surface area contributed by atoms with Crippen molar-refractivity contribution < 1.29 is 9.47 Å². The van der Waals surface area contributed by atoms with Crippen LogP contribution < -0.4 is 0 Å². The van der Waals surface area contributed by atoms with Crippen molar-refractivity contribution in [2.24, 2.45) is 0 Å². The highest BCUT2D eigenvalue weighted by molar-refractivity contribution is 7.10. The van der Waals surface area contributed by atoms with E-state index >= 15 is 0 Å². The van der Waals surface area contributed by atoms with Crippen molar-refractivity contribution in [1.82, 2.24) is 14.7 Å². The third-order valence-electron chi connectivity index (χ3n) is 3.58. The average Bonchev–Trinajstić information content (AvgIpc) is 3.22. The normalized spacial score (nSPS) is 16.5. The fraction of sp³-hybridized carbons (Fsp3) is 0.438. The summed E-state index contributed by atoms with van der Waals surface area (Å²) in [7, 11) is 0. The van der Waals surface area contributed by atoms with Crippen molar-refractivity contribution in [3.05, 3.63) is 40.3 Å². The topological polar surface area (TPSA) is 39.5 Å². The molecule has 1 aliphatic heterocycles. The molecule has 0 saturated carbocycles. The summed E-state index contributed by atoms with van der Waals surface area (Å²) in [6.07, 6.45) is 5.98. The maximum atomic E-state index is 5.75. The maximum absolute atomic E-state index is 5.75. The zero-order valence-electron chi connectivity index (χ0n) is 12.6. The molecule has 118 valence electrons. The van der Waals surface area contributed by atoms with Gasteiger partial charge in [0, 0.05) is 30.7 Å². The number of nitrogens with zero attached hydrogens (tertiary/aromatic N) is 3. The van der Waals surface area contributed by atoms with Crippen LogP contribution in [0.1, 0.15) is 10.6 Å². The van der Waals surface area contributed by atoms with E-state index < -0.39 is 0 Å². The predicted molar refractivity (Wildman–Crippen MR) is 88.7 cm³/mol. The molecule has 3 rings (SSSR count). The molecular formula is C16H21N3O2S. The Kier molecular flexibility index (Phi) is 5.78. The number of hydrogen-bond donors (Lipinski definition) is 0. The quantitative estimate of drug-likeness (QED) is 0.735. The van der Waals surface area contributed by atoms with E-state index in [0.29, 0.717) is 13.3 Å². The SMILES string of the molecule is C(=C\c1ccnn1COCCN1CCOCC1)/c1cccs1. The molecule has 0 bridgehead atoms.